The smallest absolute Gasteiger partial charge is 0.300 e. The first-order valence-corrected chi connectivity index (χ1v) is 9.46. The largest absolute Gasteiger partial charge is 0.493 e. The number of nitrogens with two attached hydrogens (primary N) is 1. The van der Waals surface area contributed by atoms with Crippen molar-refractivity contribution in [2.75, 3.05) is 13.2 Å². The Balaban J connectivity index is 0.000000828. The summed E-state index contributed by atoms with van der Waals surface area (Å²) in [4.78, 5) is 21.1. The van der Waals surface area contributed by atoms with Gasteiger partial charge in [0.2, 0.25) is 5.91 Å². The Hall–Kier alpha value is -2.12. The molecule has 0 saturated heterocycles. The van der Waals surface area contributed by atoms with E-state index in [9.17, 15) is 9.90 Å². The second-order valence-electron chi connectivity index (χ2n) is 6.77. The van der Waals surface area contributed by atoms with Crippen molar-refractivity contribution in [2.24, 2.45) is 11.7 Å². The number of aryl methyl sites for hydroxylation is 1. The maximum absolute atomic E-state index is 12.1. The molecule has 0 spiro atoms. The van der Waals surface area contributed by atoms with E-state index in [1.165, 1.54) is 5.56 Å². The molecule has 1 fully saturated rings. The summed E-state index contributed by atoms with van der Waals surface area (Å²) >= 11 is 0. The average molecular weight is 380 g/mol. The summed E-state index contributed by atoms with van der Waals surface area (Å²) in [6, 6.07) is 7.77. The number of aliphatic hydroxyl groups excluding tert-OH is 1. The zero-order valence-electron chi connectivity index (χ0n) is 16.2. The van der Waals surface area contributed by atoms with Crippen LogP contribution in [0.25, 0.3) is 0 Å². The van der Waals surface area contributed by atoms with Crippen LogP contribution in [0, 0.1) is 5.92 Å². The lowest BCUT2D eigenvalue weighted by Gasteiger charge is -2.12. The van der Waals surface area contributed by atoms with Gasteiger partial charge in [0, 0.05) is 25.4 Å². The fourth-order valence-corrected chi connectivity index (χ4v) is 2.96. The molecule has 5 N–H and O–H groups in total. The number of carbonyl (C=O) groups excluding carboxylic acids is 1. The van der Waals surface area contributed by atoms with E-state index in [1.54, 1.807) is 0 Å². The van der Waals surface area contributed by atoms with Gasteiger partial charge in [-0.3, -0.25) is 9.59 Å². The highest BCUT2D eigenvalue weighted by molar-refractivity contribution is 5.79. The third-order valence-corrected chi connectivity index (χ3v) is 4.30. The lowest BCUT2D eigenvalue weighted by atomic mass is 10.1. The number of ether oxygens (including phenoxy) is 1. The molecule has 27 heavy (non-hydrogen) atoms. The van der Waals surface area contributed by atoms with Crippen molar-refractivity contribution >= 4 is 11.9 Å². The van der Waals surface area contributed by atoms with E-state index in [4.69, 9.17) is 20.4 Å². The quantitative estimate of drug-likeness (QED) is 0.509. The lowest BCUT2D eigenvalue weighted by Crippen LogP contribution is -2.31. The van der Waals surface area contributed by atoms with Crippen LogP contribution < -0.4 is 15.8 Å². The molecular formula is C20H32N2O5. The zero-order valence-corrected chi connectivity index (χ0v) is 16.2. The van der Waals surface area contributed by atoms with Gasteiger partial charge in [-0.1, -0.05) is 25.1 Å². The molecule has 0 bridgehead atoms. The summed E-state index contributed by atoms with van der Waals surface area (Å²) in [6.45, 7) is 4.52. The van der Waals surface area contributed by atoms with Crippen LogP contribution in [0.5, 0.6) is 5.75 Å². The molecule has 152 valence electrons. The van der Waals surface area contributed by atoms with Crippen molar-refractivity contribution in [3.63, 3.8) is 0 Å². The van der Waals surface area contributed by atoms with Gasteiger partial charge < -0.3 is 26.0 Å². The molecule has 2 rings (SSSR count). The molecule has 1 saturated carbocycles. The Morgan fingerprint density at radius 2 is 1.96 bits per heavy atom. The number of carboxylic acids is 1. The fourth-order valence-electron chi connectivity index (χ4n) is 2.96. The monoisotopic (exact) mass is 380 g/mol. The summed E-state index contributed by atoms with van der Waals surface area (Å²) in [5, 5.41) is 20.0. The van der Waals surface area contributed by atoms with E-state index < -0.39 is 12.1 Å². The first-order chi connectivity index (χ1) is 12.8. The number of hydrogen-bond donors (Lipinski definition) is 4. The molecule has 1 aromatic carbocycles. The van der Waals surface area contributed by atoms with Gasteiger partial charge in [-0.15, -0.1) is 0 Å². The predicted molar refractivity (Wildman–Crippen MR) is 104 cm³/mol. The minimum Gasteiger partial charge on any atom is -0.493 e. The van der Waals surface area contributed by atoms with Crippen LogP contribution in [-0.4, -0.2) is 47.4 Å². The number of nitrogens with one attached hydrogen (secondary N) is 1. The topological polar surface area (TPSA) is 122 Å². The Morgan fingerprint density at radius 3 is 2.56 bits per heavy atom. The Bertz CT molecular complexity index is 579. The number of carbonyl (C=O) groups is 2. The Morgan fingerprint density at radius 1 is 1.30 bits per heavy atom. The van der Waals surface area contributed by atoms with Gasteiger partial charge in [0.15, 0.2) is 0 Å². The Labute approximate surface area is 160 Å². The molecular weight excluding hydrogens is 348 g/mol. The predicted octanol–water partition coefficient (Wildman–Crippen LogP) is 1.71. The van der Waals surface area contributed by atoms with Crippen LogP contribution in [0.4, 0.5) is 0 Å². The maximum Gasteiger partial charge on any atom is 0.300 e. The maximum atomic E-state index is 12.1. The molecule has 0 heterocycles. The summed E-state index contributed by atoms with van der Waals surface area (Å²) in [7, 11) is 0. The van der Waals surface area contributed by atoms with E-state index >= 15 is 0 Å². The first-order valence-electron chi connectivity index (χ1n) is 9.46. The third kappa shape index (κ3) is 8.88. The molecule has 3 atom stereocenters. The van der Waals surface area contributed by atoms with Gasteiger partial charge in [-0.05, 0) is 43.7 Å². The number of amides is 1. The highest BCUT2D eigenvalue weighted by Crippen LogP contribution is 2.25. The normalized spacial score (nSPS) is 21.1. The Kier molecular flexibility index (Phi) is 10.4. The summed E-state index contributed by atoms with van der Waals surface area (Å²) in [5.74, 6) is -0.0433. The lowest BCUT2D eigenvalue weighted by molar-refractivity contribution is -0.134. The molecule has 1 aliphatic carbocycles. The number of aliphatic hydroxyl groups is 1. The van der Waals surface area contributed by atoms with Crippen molar-refractivity contribution in [1.29, 1.82) is 0 Å². The number of para-hydroxylation sites is 1. The molecule has 0 aliphatic heterocycles. The van der Waals surface area contributed by atoms with E-state index in [0.717, 1.165) is 38.5 Å². The van der Waals surface area contributed by atoms with E-state index in [0.29, 0.717) is 19.4 Å². The number of hydrogen-bond acceptors (Lipinski definition) is 5. The van der Waals surface area contributed by atoms with Gasteiger partial charge in [0.1, 0.15) is 5.75 Å². The number of carboxylic acid groups (broad SMARTS) is 1. The minimum atomic E-state index is -0.833. The van der Waals surface area contributed by atoms with Crippen LogP contribution in [0.2, 0.25) is 0 Å². The van der Waals surface area contributed by atoms with Crippen molar-refractivity contribution < 1.29 is 24.5 Å². The molecule has 1 amide bonds. The molecule has 7 heteroatoms. The van der Waals surface area contributed by atoms with Gasteiger partial charge in [0.05, 0.1) is 12.7 Å². The van der Waals surface area contributed by atoms with Crippen LogP contribution in [0.1, 0.15) is 45.1 Å². The average Bonchev–Trinajstić information content (AvgIpc) is 2.96. The second-order valence-corrected chi connectivity index (χ2v) is 6.77. The van der Waals surface area contributed by atoms with E-state index in [1.807, 2.05) is 18.2 Å². The van der Waals surface area contributed by atoms with Crippen molar-refractivity contribution in [3.8, 4) is 5.75 Å². The van der Waals surface area contributed by atoms with Gasteiger partial charge in [-0.25, -0.2) is 0 Å². The third-order valence-electron chi connectivity index (χ3n) is 4.30. The SMILES string of the molecule is CC(=O)O.CCCOc1ccccc1CCCNC(=O)[C@H]1C[C@@H](N)[C@H](O)C1. The number of benzene rings is 1. The fraction of sp³-hybridized carbons (Fsp3) is 0.600. The van der Waals surface area contributed by atoms with Gasteiger partial charge >= 0.3 is 0 Å². The highest BCUT2D eigenvalue weighted by Gasteiger charge is 2.34. The molecule has 0 radical (unpaired) electrons. The standard InChI is InChI=1S/C18H28N2O3.C2H4O2/c1-2-10-23-17-8-4-3-6-13(17)7-5-9-20-18(22)14-11-15(19)16(21)12-14;1-2(3)4/h3-4,6,8,14-16,21H,2,5,7,9-12,19H2,1H3,(H,20,22);1H3,(H,3,4)/t14-,15+,16+;/m0./s1. The minimum absolute atomic E-state index is 0.00696. The van der Waals surface area contributed by atoms with Gasteiger partial charge in [-0.2, -0.15) is 0 Å². The number of rotatable bonds is 8. The van der Waals surface area contributed by atoms with E-state index in [2.05, 4.69) is 18.3 Å². The molecule has 0 aromatic heterocycles. The van der Waals surface area contributed by atoms with Crippen LogP contribution in [0.3, 0.4) is 0 Å². The second kappa shape index (κ2) is 12.3. The summed E-state index contributed by atoms with van der Waals surface area (Å²) < 4.78 is 5.74. The van der Waals surface area contributed by atoms with Crippen LogP contribution >= 0.6 is 0 Å². The van der Waals surface area contributed by atoms with E-state index in [-0.39, 0.29) is 17.9 Å². The van der Waals surface area contributed by atoms with Crippen LogP contribution in [-0.2, 0) is 16.0 Å². The first kappa shape index (κ1) is 22.9. The van der Waals surface area contributed by atoms with Gasteiger partial charge in [0.25, 0.3) is 5.97 Å². The van der Waals surface area contributed by atoms with Crippen LogP contribution in [0.15, 0.2) is 24.3 Å². The number of aliphatic carboxylic acids is 1. The molecule has 0 unspecified atom stereocenters. The van der Waals surface area contributed by atoms with Crippen molar-refractivity contribution in [1.82, 2.24) is 5.32 Å². The molecule has 1 aliphatic rings. The van der Waals surface area contributed by atoms with Crippen molar-refractivity contribution in [3.05, 3.63) is 29.8 Å². The highest BCUT2D eigenvalue weighted by atomic mass is 16.5. The summed E-state index contributed by atoms with van der Waals surface area (Å²) in [5.41, 5.74) is 6.92. The summed E-state index contributed by atoms with van der Waals surface area (Å²) in [6.07, 6.45) is 3.21. The van der Waals surface area contributed by atoms with Crippen molar-refractivity contribution in [2.45, 2.75) is 58.1 Å². The molecule has 1 aromatic rings. The molecule has 7 nitrogen and oxygen atoms in total. The zero-order chi connectivity index (χ0) is 20.2.